The number of hydrogen-bond donors (Lipinski definition) is 0. The van der Waals surface area contributed by atoms with Crippen molar-refractivity contribution in [3.05, 3.63) is 213 Å². The van der Waals surface area contributed by atoms with Gasteiger partial charge in [0.15, 0.2) is 5.82 Å². The molecule has 0 atom stereocenters. The van der Waals surface area contributed by atoms with Gasteiger partial charge in [-0.15, -0.1) is 0 Å². The molecule has 8 aromatic carbocycles. The summed E-state index contributed by atoms with van der Waals surface area (Å²) in [4.78, 5) is 14.5. The zero-order valence-electron chi connectivity index (χ0n) is 33.4. The minimum Gasteiger partial charge on any atom is -0.456 e. The van der Waals surface area contributed by atoms with Crippen molar-refractivity contribution in [2.24, 2.45) is 0 Å². The monoisotopic (exact) mass is 793 g/mol. The Hall–Kier alpha value is -8.41. The number of para-hydroxylation sites is 2. The number of aromatic nitrogens is 3. The smallest absolute Gasteiger partial charge is 0.160 e. The summed E-state index contributed by atoms with van der Waals surface area (Å²) in [5, 5.41) is 4.39. The average molecular weight is 794 g/mol. The van der Waals surface area contributed by atoms with Crippen molar-refractivity contribution in [3.8, 4) is 78.4 Å². The van der Waals surface area contributed by atoms with Crippen LogP contribution in [0.15, 0.2) is 221 Å². The molecule has 0 N–H and O–H groups in total. The Kier molecular flexibility index (Phi) is 8.42. The van der Waals surface area contributed by atoms with E-state index in [4.69, 9.17) is 18.8 Å². The molecule has 0 fully saturated rings. The van der Waals surface area contributed by atoms with Gasteiger partial charge in [-0.3, -0.25) is 4.98 Å². The Bertz CT molecular complexity index is 3590. The summed E-state index contributed by atoms with van der Waals surface area (Å²) in [6.45, 7) is 0. The van der Waals surface area contributed by atoms with Crippen molar-refractivity contribution in [2.75, 3.05) is 0 Å². The van der Waals surface area contributed by atoms with Gasteiger partial charge in [-0.1, -0.05) is 158 Å². The van der Waals surface area contributed by atoms with Gasteiger partial charge in [-0.25, -0.2) is 9.97 Å². The van der Waals surface area contributed by atoms with Gasteiger partial charge in [0.1, 0.15) is 22.3 Å². The molecule has 5 heteroatoms. The molecule has 5 nitrogen and oxygen atoms in total. The van der Waals surface area contributed by atoms with Crippen molar-refractivity contribution in [2.45, 2.75) is 0 Å². The van der Waals surface area contributed by atoms with E-state index in [-0.39, 0.29) is 0 Å². The van der Waals surface area contributed by atoms with E-state index in [1.165, 1.54) is 0 Å². The van der Waals surface area contributed by atoms with Gasteiger partial charge < -0.3 is 8.83 Å². The van der Waals surface area contributed by atoms with Crippen LogP contribution in [0.25, 0.3) is 122 Å². The molecular weight excluding hydrogens is 759 g/mol. The predicted molar refractivity (Wildman–Crippen MR) is 252 cm³/mol. The van der Waals surface area contributed by atoms with Gasteiger partial charge in [0.05, 0.1) is 11.4 Å². The zero-order valence-corrected chi connectivity index (χ0v) is 33.4. The van der Waals surface area contributed by atoms with Crippen LogP contribution in [0.1, 0.15) is 0 Å². The highest BCUT2D eigenvalue weighted by atomic mass is 16.3. The van der Waals surface area contributed by atoms with E-state index in [9.17, 15) is 0 Å². The second-order valence-corrected chi connectivity index (χ2v) is 15.6. The van der Waals surface area contributed by atoms with Crippen LogP contribution < -0.4 is 0 Å². The fourth-order valence-corrected chi connectivity index (χ4v) is 8.69. The Morgan fingerprint density at radius 3 is 1.56 bits per heavy atom. The van der Waals surface area contributed by atoms with Crippen LogP contribution in [0, 0.1) is 0 Å². The predicted octanol–water partition coefficient (Wildman–Crippen LogP) is 15.3. The lowest BCUT2D eigenvalue weighted by atomic mass is 9.93. The van der Waals surface area contributed by atoms with Gasteiger partial charge in [-0.2, -0.15) is 0 Å². The molecule has 0 aliphatic carbocycles. The maximum atomic E-state index is 6.69. The van der Waals surface area contributed by atoms with Crippen LogP contribution >= 0.6 is 0 Å². The highest BCUT2D eigenvalue weighted by Crippen LogP contribution is 2.43. The van der Waals surface area contributed by atoms with Gasteiger partial charge in [0, 0.05) is 56.2 Å². The molecule has 0 amide bonds. The lowest BCUT2D eigenvalue weighted by Gasteiger charge is -2.11. The van der Waals surface area contributed by atoms with Gasteiger partial charge in [0.25, 0.3) is 0 Å². The Labute approximate surface area is 357 Å². The first-order valence-electron chi connectivity index (χ1n) is 20.7. The second kappa shape index (κ2) is 14.7. The van der Waals surface area contributed by atoms with E-state index in [0.29, 0.717) is 5.82 Å². The van der Waals surface area contributed by atoms with Gasteiger partial charge in [0.2, 0.25) is 0 Å². The number of fused-ring (bicyclic) bond motifs is 6. The van der Waals surface area contributed by atoms with E-state index < -0.39 is 0 Å². The Morgan fingerprint density at radius 2 is 0.855 bits per heavy atom. The minimum atomic E-state index is 0.671. The van der Waals surface area contributed by atoms with Crippen molar-refractivity contribution in [1.82, 2.24) is 15.0 Å². The third kappa shape index (κ3) is 6.23. The van der Waals surface area contributed by atoms with Crippen molar-refractivity contribution in [3.63, 3.8) is 0 Å². The third-order valence-corrected chi connectivity index (χ3v) is 11.9. The SMILES string of the molecule is c1ccc(-c2cc(-c3ccc(-c4ccc(-c5ccc6c(c5)oc5ccccc56)c5c4oc4ccccc45)cc3)nc(-c3ccc(-c4ccc(-c5cccnc5)cc4)cc3)n2)cc1. The quantitative estimate of drug-likeness (QED) is 0.161. The molecule has 4 heterocycles. The normalized spacial score (nSPS) is 11.5. The first-order valence-corrected chi connectivity index (χ1v) is 20.7. The van der Waals surface area contributed by atoms with E-state index in [1.807, 2.05) is 54.7 Å². The summed E-state index contributed by atoms with van der Waals surface area (Å²) in [7, 11) is 0. The number of rotatable bonds is 7. The summed E-state index contributed by atoms with van der Waals surface area (Å²) in [6.07, 6.45) is 3.68. The number of pyridine rings is 1. The van der Waals surface area contributed by atoms with Crippen LogP contribution in [0.2, 0.25) is 0 Å². The molecule has 290 valence electrons. The van der Waals surface area contributed by atoms with Crippen LogP contribution in [0.4, 0.5) is 0 Å². The molecule has 62 heavy (non-hydrogen) atoms. The lowest BCUT2D eigenvalue weighted by Crippen LogP contribution is -1.96. The van der Waals surface area contributed by atoms with Crippen LogP contribution in [-0.4, -0.2) is 15.0 Å². The van der Waals surface area contributed by atoms with Crippen LogP contribution in [-0.2, 0) is 0 Å². The molecule has 0 bridgehead atoms. The summed E-state index contributed by atoms with van der Waals surface area (Å²) >= 11 is 0. The molecule has 0 radical (unpaired) electrons. The molecule has 0 aliphatic heterocycles. The van der Waals surface area contributed by atoms with Crippen molar-refractivity contribution in [1.29, 1.82) is 0 Å². The van der Waals surface area contributed by atoms with Crippen molar-refractivity contribution < 1.29 is 8.83 Å². The molecule has 0 spiro atoms. The number of hydrogen-bond acceptors (Lipinski definition) is 5. The maximum Gasteiger partial charge on any atom is 0.160 e. The molecule has 0 saturated carbocycles. The summed E-state index contributed by atoms with van der Waals surface area (Å²) in [5.74, 6) is 0.671. The molecular formula is C57H35N3O2. The fourth-order valence-electron chi connectivity index (χ4n) is 8.69. The molecule has 4 aromatic heterocycles. The second-order valence-electron chi connectivity index (χ2n) is 15.6. The lowest BCUT2D eigenvalue weighted by molar-refractivity contribution is 0.668. The summed E-state index contributed by atoms with van der Waals surface area (Å²) in [6, 6.07) is 69.5. The third-order valence-electron chi connectivity index (χ3n) is 11.9. The number of benzene rings is 8. The van der Waals surface area contributed by atoms with Crippen molar-refractivity contribution >= 4 is 43.9 Å². The average Bonchev–Trinajstić information content (AvgIpc) is 3.93. The van der Waals surface area contributed by atoms with Gasteiger partial charge in [-0.05, 0) is 81.4 Å². The summed E-state index contributed by atoms with van der Waals surface area (Å²) < 4.78 is 13.0. The van der Waals surface area contributed by atoms with E-state index in [2.05, 4.69) is 157 Å². The molecule has 12 rings (SSSR count). The standard InChI is InChI=1S/C57H35N3O2/c1-2-9-40(10-3-1)50-34-51(60-57(59-50)42-26-20-37(21-27-42)36-16-18-38(19-17-36)44-11-8-32-58-35-44)41-24-22-39(23-25-41)46-31-30-45(55-49-13-5-7-15-53(49)62-56(46)55)43-28-29-48-47-12-4-6-14-52(47)61-54(48)33-43/h1-35H. The van der Waals surface area contributed by atoms with Gasteiger partial charge >= 0.3 is 0 Å². The van der Waals surface area contributed by atoms with Crippen LogP contribution in [0.5, 0.6) is 0 Å². The first-order chi connectivity index (χ1) is 30.7. The molecule has 0 aliphatic rings. The topological polar surface area (TPSA) is 65.0 Å². The van der Waals surface area contributed by atoms with Crippen LogP contribution in [0.3, 0.4) is 0 Å². The van der Waals surface area contributed by atoms with E-state index >= 15 is 0 Å². The highest BCUT2D eigenvalue weighted by Gasteiger charge is 2.19. The Balaban J connectivity index is 0.904. The fraction of sp³-hybridized carbons (Fsp3) is 0. The number of furan rings is 2. The maximum absolute atomic E-state index is 6.69. The molecule has 12 aromatic rings. The molecule has 0 saturated heterocycles. The van der Waals surface area contributed by atoms with E-state index in [0.717, 1.165) is 116 Å². The highest BCUT2D eigenvalue weighted by molar-refractivity contribution is 6.17. The number of nitrogens with zero attached hydrogens (tertiary/aromatic N) is 3. The van der Waals surface area contributed by atoms with E-state index in [1.54, 1.807) is 6.20 Å². The largest absolute Gasteiger partial charge is 0.456 e. The Morgan fingerprint density at radius 1 is 0.323 bits per heavy atom. The molecule has 0 unspecified atom stereocenters. The minimum absolute atomic E-state index is 0.671. The first kappa shape index (κ1) is 35.5. The summed E-state index contributed by atoms with van der Waals surface area (Å²) in [5.41, 5.74) is 16.9. The zero-order chi connectivity index (χ0) is 41.0.